The molecule has 146 valence electrons. The maximum atomic E-state index is 12.2. The van der Waals surface area contributed by atoms with Gasteiger partial charge in [-0.15, -0.1) is 13.2 Å². The van der Waals surface area contributed by atoms with E-state index in [2.05, 4.69) is 4.74 Å². The number of likely N-dealkylation sites (tertiary alicyclic amines) is 1. The number of piperidine rings is 1. The summed E-state index contributed by atoms with van der Waals surface area (Å²) in [5, 5.41) is 10.5. The molecule has 1 aliphatic rings. The molecule has 0 aliphatic carbocycles. The third kappa shape index (κ3) is 6.09. The third-order valence-corrected chi connectivity index (χ3v) is 4.09. The molecular weight excluding hydrogens is 351 g/mol. The number of carbonyl (C=O) groups excluding carboxylic acids is 1. The van der Waals surface area contributed by atoms with Crippen molar-refractivity contribution < 1.29 is 32.5 Å². The molecule has 1 amide bonds. The maximum absolute atomic E-state index is 12.2. The molecule has 26 heavy (non-hydrogen) atoms. The number of hydrogen-bond acceptors (Lipinski definition) is 4. The molecule has 1 heterocycles. The number of benzene rings is 1. The summed E-state index contributed by atoms with van der Waals surface area (Å²) in [7, 11) is 0. The lowest BCUT2D eigenvalue weighted by Crippen LogP contribution is -2.42. The van der Waals surface area contributed by atoms with E-state index < -0.39 is 18.1 Å². The van der Waals surface area contributed by atoms with Crippen molar-refractivity contribution in [3.05, 3.63) is 29.8 Å². The number of carbonyl (C=O) groups is 1. The number of nitrogens with zero attached hydrogens (tertiary/aromatic N) is 1. The zero-order chi connectivity index (χ0) is 19.5. The number of halogens is 3. The first-order valence-electron chi connectivity index (χ1n) is 8.46. The molecule has 1 aliphatic heterocycles. The van der Waals surface area contributed by atoms with Crippen LogP contribution >= 0.6 is 0 Å². The third-order valence-electron chi connectivity index (χ3n) is 4.09. The quantitative estimate of drug-likeness (QED) is 0.857. The van der Waals surface area contributed by atoms with Crippen LogP contribution in [-0.2, 0) is 4.74 Å². The Morgan fingerprint density at radius 3 is 2.15 bits per heavy atom. The molecule has 0 radical (unpaired) electrons. The first-order valence-corrected chi connectivity index (χ1v) is 8.46. The highest BCUT2D eigenvalue weighted by Crippen LogP contribution is 2.32. The Kier molecular flexibility index (Phi) is 6.05. The molecule has 1 N–H and O–H groups in total. The standard InChI is InChI=1S/C18H24F3NO4/c1-17(2,3)26-16(24)22-10-8-13(9-11-22)15(23)12-4-6-14(7-5-12)25-18(19,20)21/h4-7,13,15,23H,8-11H2,1-3H3/t15-/m0/s1. The van der Waals surface area contributed by atoms with Gasteiger partial charge in [0, 0.05) is 13.1 Å². The van der Waals surface area contributed by atoms with Crippen molar-refractivity contribution in [1.29, 1.82) is 0 Å². The van der Waals surface area contributed by atoms with E-state index >= 15 is 0 Å². The average molecular weight is 375 g/mol. The lowest BCUT2D eigenvalue weighted by molar-refractivity contribution is -0.274. The zero-order valence-electron chi connectivity index (χ0n) is 15.0. The van der Waals surface area contributed by atoms with Crippen LogP contribution in [0.4, 0.5) is 18.0 Å². The van der Waals surface area contributed by atoms with E-state index in [1.807, 2.05) is 0 Å². The molecule has 5 nitrogen and oxygen atoms in total. The van der Waals surface area contributed by atoms with E-state index in [1.165, 1.54) is 24.3 Å². The second-order valence-corrected chi connectivity index (χ2v) is 7.37. The molecule has 1 saturated heterocycles. The molecule has 8 heteroatoms. The normalized spacial score (nSPS) is 17.7. The second kappa shape index (κ2) is 7.73. The van der Waals surface area contributed by atoms with E-state index in [9.17, 15) is 23.1 Å². The summed E-state index contributed by atoms with van der Waals surface area (Å²) in [6.07, 6.45) is -4.76. The number of aliphatic hydroxyl groups is 1. The fraction of sp³-hybridized carbons (Fsp3) is 0.611. The highest BCUT2D eigenvalue weighted by molar-refractivity contribution is 5.68. The number of alkyl halides is 3. The van der Waals surface area contributed by atoms with Gasteiger partial charge < -0.3 is 19.5 Å². The van der Waals surface area contributed by atoms with Gasteiger partial charge in [-0.2, -0.15) is 0 Å². The Bertz CT molecular complexity index is 602. The minimum atomic E-state index is -4.74. The maximum Gasteiger partial charge on any atom is 0.573 e. The van der Waals surface area contributed by atoms with Crippen molar-refractivity contribution in [3.63, 3.8) is 0 Å². The van der Waals surface area contributed by atoms with Crippen LogP contribution in [0.2, 0.25) is 0 Å². The summed E-state index contributed by atoms with van der Waals surface area (Å²) in [5.74, 6) is -0.406. The molecule has 0 bridgehead atoms. The SMILES string of the molecule is CC(C)(C)OC(=O)N1CCC([C@@H](O)c2ccc(OC(F)(F)F)cc2)CC1. The number of rotatable bonds is 3. The summed E-state index contributed by atoms with van der Waals surface area (Å²) in [6, 6.07) is 5.21. The molecular formula is C18H24F3NO4. The summed E-state index contributed by atoms with van der Waals surface area (Å²) >= 11 is 0. The smallest absolute Gasteiger partial charge is 0.444 e. The summed E-state index contributed by atoms with van der Waals surface area (Å²) in [6.45, 7) is 6.33. The van der Waals surface area contributed by atoms with Gasteiger partial charge in [0.2, 0.25) is 0 Å². The lowest BCUT2D eigenvalue weighted by atomic mass is 9.87. The van der Waals surface area contributed by atoms with Crippen molar-refractivity contribution in [3.8, 4) is 5.75 Å². The van der Waals surface area contributed by atoms with Crippen molar-refractivity contribution in [1.82, 2.24) is 4.90 Å². The van der Waals surface area contributed by atoms with Crippen molar-refractivity contribution in [2.45, 2.75) is 51.7 Å². The first kappa shape index (κ1) is 20.4. The van der Waals surface area contributed by atoms with Crippen molar-refractivity contribution in [2.75, 3.05) is 13.1 Å². The van der Waals surface area contributed by atoms with Crippen LogP contribution in [0, 0.1) is 5.92 Å². The van der Waals surface area contributed by atoms with E-state index in [0.717, 1.165) is 0 Å². The minimum absolute atomic E-state index is 0.0805. The highest BCUT2D eigenvalue weighted by Gasteiger charge is 2.32. The van der Waals surface area contributed by atoms with Gasteiger partial charge >= 0.3 is 12.5 Å². The van der Waals surface area contributed by atoms with Gasteiger partial charge in [-0.3, -0.25) is 0 Å². The number of hydrogen-bond donors (Lipinski definition) is 1. The van der Waals surface area contributed by atoms with Crippen molar-refractivity contribution in [2.24, 2.45) is 5.92 Å². The Morgan fingerprint density at radius 1 is 1.15 bits per heavy atom. The molecule has 0 saturated carbocycles. The van der Waals surface area contributed by atoms with Crippen LogP contribution < -0.4 is 4.74 Å². The van der Waals surface area contributed by atoms with Crippen LogP contribution in [0.3, 0.4) is 0 Å². The monoisotopic (exact) mass is 375 g/mol. The van der Waals surface area contributed by atoms with Crippen LogP contribution in [0.15, 0.2) is 24.3 Å². The number of aliphatic hydroxyl groups excluding tert-OH is 1. The lowest BCUT2D eigenvalue weighted by Gasteiger charge is -2.35. The fourth-order valence-corrected chi connectivity index (χ4v) is 2.86. The molecule has 1 fully saturated rings. The number of amides is 1. The van der Waals surface area contributed by atoms with Gasteiger partial charge in [0.1, 0.15) is 11.4 Å². The first-order chi connectivity index (χ1) is 11.9. The van der Waals surface area contributed by atoms with Gasteiger partial charge in [-0.05, 0) is 57.2 Å². The predicted octanol–water partition coefficient (Wildman–Crippen LogP) is 4.27. The van der Waals surface area contributed by atoms with E-state index in [1.54, 1.807) is 25.7 Å². The summed E-state index contributed by atoms with van der Waals surface area (Å²) in [4.78, 5) is 13.7. The Morgan fingerprint density at radius 2 is 1.69 bits per heavy atom. The van der Waals surface area contributed by atoms with Crippen LogP contribution in [0.5, 0.6) is 5.75 Å². The van der Waals surface area contributed by atoms with Gasteiger partial charge in [0.15, 0.2) is 0 Å². The summed E-state index contributed by atoms with van der Waals surface area (Å²) in [5.41, 5.74) is -0.0385. The van der Waals surface area contributed by atoms with E-state index in [4.69, 9.17) is 4.74 Å². The molecule has 0 unspecified atom stereocenters. The van der Waals surface area contributed by atoms with Gasteiger partial charge in [-0.1, -0.05) is 12.1 Å². The van der Waals surface area contributed by atoms with E-state index in [0.29, 0.717) is 31.5 Å². The van der Waals surface area contributed by atoms with Gasteiger partial charge in [0.25, 0.3) is 0 Å². The topological polar surface area (TPSA) is 59.0 Å². The van der Waals surface area contributed by atoms with Gasteiger partial charge in [-0.25, -0.2) is 4.79 Å². The molecule has 0 aromatic heterocycles. The Hall–Kier alpha value is -1.96. The Labute approximate surface area is 150 Å². The molecule has 1 atom stereocenters. The predicted molar refractivity (Wildman–Crippen MR) is 88.6 cm³/mol. The molecule has 2 rings (SSSR count). The van der Waals surface area contributed by atoms with Crippen LogP contribution in [0.1, 0.15) is 45.3 Å². The molecule has 0 spiro atoms. The highest BCUT2D eigenvalue weighted by atomic mass is 19.4. The molecule has 1 aromatic carbocycles. The minimum Gasteiger partial charge on any atom is -0.444 e. The average Bonchev–Trinajstić information content (AvgIpc) is 2.52. The van der Waals surface area contributed by atoms with Crippen LogP contribution in [-0.4, -0.2) is 41.2 Å². The van der Waals surface area contributed by atoms with Crippen molar-refractivity contribution >= 4 is 6.09 Å². The number of ether oxygens (including phenoxy) is 2. The Balaban J connectivity index is 1.90. The van der Waals surface area contributed by atoms with E-state index in [-0.39, 0.29) is 17.8 Å². The zero-order valence-corrected chi connectivity index (χ0v) is 15.0. The molecule has 1 aromatic rings. The summed E-state index contributed by atoms with van der Waals surface area (Å²) < 4.78 is 45.7. The van der Waals surface area contributed by atoms with Gasteiger partial charge in [0.05, 0.1) is 6.10 Å². The fourth-order valence-electron chi connectivity index (χ4n) is 2.86. The second-order valence-electron chi connectivity index (χ2n) is 7.37. The van der Waals surface area contributed by atoms with Crippen LogP contribution in [0.25, 0.3) is 0 Å². The largest absolute Gasteiger partial charge is 0.573 e.